The molecule has 0 spiro atoms. The van der Waals surface area contributed by atoms with Crippen molar-refractivity contribution in [2.24, 2.45) is 0 Å². The fraction of sp³-hybridized carbons (Fsp3) is 0.333. The smallest absolute Gasteiger partial charge is 0.259 e. The second-order valence-electron chi connectivity index (χ2n) is 6.25. The summed E-state index contributed by atoms with van der Waals surface area (Å²) < 4.78 is 6.68. The molecule has 4 rings (SSSR count). The van der Waals surface area contributed by atoms with Crippen molar-refractivity contribution in [1.29, 1.82) is 0 Å². The number of hydrogen-bond donors (Lipinski definition) is 1. The van der Waals surface area contributed by atoms with E-state index in [0.717, 1.165) is 19.3 Å². The molecule has 3 aromatic rings. The number of nitrogens with zero attached hydrogens (tertiary/aromatic N) is 4. The molecule has 1 aliphatic rings. The molecule has 0 radical (unpaired) electrons. The van der Waals surface area contributed by atoms with E-state index in [-0.39, 0.29) is 17.5 Å². The van der Waals surface area contributed by atoms with Gasteiger partial charge >= 0.3 is 0 Å². The molecule has 1 atom stereocenters. The first-order valence-electron chi connectivity index (χ1n) is 8.55. The summed E-state index contributed by atoms with van der Waals surface area (Å²) in [6, 6.07) is 4.76. The number of piperidine rings is 1. The van der Waals surface area contributed by atoms with Gasteiger partial charge < -0.3 is 14.6 Å². The van der Waals surface area contributed by atoms with Crippen LogP contribution >= 0.6 is 0 Å². The molecule has 0 bridgehead atoms. The van der Waals surface area contributed by atoms with E-state index in [2.05, 4.69) is 15.0 Å². The molecule has 1 aliphatic heterocycles. The minimum atomic E-state index is -0.212. The third kappa shape index (κ3) is 2.73. The van der Waals surface area contributed by atoms with E-state index in [1.165, 1.54) is 11.5 Å². The predicted octanol–water partition coefficient (Wildman–Crippen LogP) is 1.79. The van der Waals surface area contributed by atoms with Crippen LogP contribution in [0.15, 0.2) is 41.6 Å². The number of hydrogen-bond acceptors (Lipinski definition) is 5. The quantitative estimate of drug-likeness (QED) is 0.775. The van der Waals surface area contributed by atoms with Gasteiger partial charge in [-0.15, -0.1) is 0 Å². The Kier molecular flexibility index (Phi) is 4.16. The van der Waals surface area contributed by atoms with Crippen molar-refractivity contribution in [2.45, 2.75) is 25.3 Å². The summed E-state index contributed by atoms with van der Waals surface area (Å²) >= 11 is 0. The summed E-state index contributed by atoms with van der Waals surface area (Å²) in [4.78, 5) is 38.7. The van der Waals surface area contributed by atoms with Crippen LogP contribution in [0.25, 0.3) is 5.78 Å². The van der Waals surface area contributed by atoms with E-state index < -0.39 is 0 Å². The van der Waals surface area contributed by atoms with E-state index in [4.69, 9.17) is 4.74 Å². The normalized spacial score (nSPS) is 17.4. The lowest BCUT2D eigenvalue weighted by Gasteiger charge is -2.35. The Labute approximate surface area is 149 Å². The molecule has 134 valence electrons. The summed E-state index contributed by atoms with van der Waals surface area (Å²) in [7, 11) is 1.50. The highest BCUT2D eigenvalue weighted by Gasteiger charge is 2.31. The molecule has 8 nitrogen and oxygen atoms in total. The standard InChI is InChI=1S/C18H19N5O3/c1-26-16-12(5-4-7-19-16)17(25)22-9-3-2-6-14(22)13-11-15(24)23-10-8-20-18(23)21-13/h4-5,7-8,10-11,14H,2-3,6,9H2,1H3,(H,20,21)/t14-/m1/s1. The second kappa shape index (κ2) is 6.62. The van der Waals surface area contributed by atoms with Gasteiger partial charge in [-0.3, -0.25) is 14.0 Å². The number of H-pyrrole nitrogens is 1. The molecule has 0 aromatic carbocycles. The summed E-state index contributed by atoms with van der Waals surface area (Å²) in [5.41, 5.74) is 0.957. The van der Waals surface area contributed by atoms with Crippen LogP contribution in [-0.2, 0) is 0 Å². The maximum absolute atomic E-state index is 13.2. The fourth-order valence-corrected chi connectivity index (χ4v) is 3.49. The van der Waals surface area contributed by atoms with Crippen molar-refractivity contribution in [1.82, 2.24) is 24.3 Å². The molecule has 1 N–H and O–H groups in total. The zero-order valence-corrected chi connectivity index (χ0v) is 14.4. The number of pyridine rings is 1. The van der Waals surface area contributed by atoms with Crippen molar-refractivity contribution < 1.29 is 9.53 Å². The number of imidazole rings is 1. The maximum Gasteiger partial charge on any atom is 0.259 e. The minimum absolute atomic E-state index is 0.149. The lowest BCUT2D eigenvalue weighted by atomic mass is 9.98. The number of likely N-dealkylation sites (tertiary alicyclic amines) is 1. The summed E-state index contributed by atoms with van der Waals surface area (Å²) in [5, 5.41) is 0. The van der Waals surface area contributed by atoms with Crippen molar-refractivity contribution in [3.05, 3.63) is 58.4 Å². The molecule has 1 amide bonds. The molecule has 8 heteroatoms. The van der Waals surface area contributed by atoms with Crippen LogP contribution in [-0.4, -0.2) is 43.8 Å². The number of rotatable bonds is 3. The van der Waals surface area contributed by atoms with Gasteiger partial charge in [0.15, 0.2) is 0 Å². The number of aromatic nitrogens is 4. The molecule has 0 saturated carbocycles. The van der Waals surface area contributed by atoms with Crippen LogP contribution in [0.1, 0.15) is 41.4 Å². The fourth-order valence-electron chi connectivity index (χ4n) is 3.49. The Morgan fingerprint density at radius 2 is 2.19 bits per heavy atom. The molecule has 0 unspecified atom stereocenters. The van der Waals surface area contributed by atoms with E-state index in [0.29, 0.717) is 29.5 Å². The zero-order chi connectivity index (χ0) is 18.1. The Hall–Kier alpha value is -3.16. The first-order valence-corrected chi connectivity index (χ1v) is 8.55. The first kappa shape index (κ1) is 16.3. The molecule has 0 aliphatic carbocycles. The molecular formula is C18H19N5O3. The monoisotopic (exact) mass is 353 g/mol. The number of nitrogens with one attached hydrogen (secondary N) is 1. The SMILES string of the molecule is COc1ncccc1C(=O)N1CCCC[C@@H]1c1cc(=O)n2ccnc2[nH]1. The molecule has 1 fully saturated rings. The number of fused-ring (bicyclic) bond motifs is 1. The van der Waals surface area contributed by atoms with Crippen molar-refractivity contribution in [3.63, 3.8) is 0 Å². The van der Waals surface area contributed by atoms with Crippen LogP contribution in [0.5, 0.6) is 5.88 Å². The van der Waals surface area contributed by atoms with Gasteiger partial charge in [0.2, 0.25) is 11.7 Å². The Bertz CT molecular complexity index is 1010. The van der Waals surface area contributed by atoms with Gasteiger partial charge in [-0.1, -0.05) is 0 Å². The number of methoxy groups -OCH3 is 1. The molecule has 26 heavy (non-hydrogen) atoms. The topological polar surface area (TPSA) is 92.6 Å². The second-order valence-corrected chi connectivity index (χ2v) is 6.25. The van der Waals surface area contributed by atoms with Crippen molar-refractivity contribution in [3.8, 4) is 5.88 Å². The van der Waals surface area contributed by atoms with E-state index in [1.807, 2.05) is 0 Å². The van der Waals surface area contributed by atoms with Crippen LogP contribution < -0.4 is 10.3 Å². The summed E-state index contributed by atoms with van der Waals surface area (Å²) in [6.07, 6.45) is 7.46. The Morgan fingerprint density at radius 3 is 3.04 bits per heavy atom. The minimum Gasteiger partial charge on any atom is -0.480 e. The molecular weight excluding hydrogens is 334 g/mol. The third-order valence-corrected chi connectivity index (χ3v) is 4.73. The number of carbonyl (C=O) groups is 1. The zero-order valence-electron chi connectivity index (χ0n) is 14.4. The molecule has 3 aromatic heterocycles. The highest BCUT2D eigenvalue weighted by molar-refractivity contribution is 5.96. The number of amides is 1. The Balaban J connectivity index is 1.74. The van der Waals surface area contributed by atoms with E-state index in [9.17, 15) is 9.59 Å². The third-order valence-electron chi connectivity index (χ3n) is 4.73. The van der Waals surface area contributed by atoms with Gasteiger partial charge in [0, 0.05) is 36.9 Å². The average molecular weight is 353 g/mol. The van der Waals surface area contributed by atoms with Crippen LogP contribution in [0, 0.1) is 0 Å². The highest BCUT2D eigenvalue weighted by atomic mass is 16.5. The first-order chi connectivity index (χ1) is 12.7. The van der Waals surface area contributed by atoms with Crippen LogP contribution in [0.3, 0.4) is 0 Å². The largest absolute Gasteiger partial charge is 0.480 e. The van der Waals surface area contributed by atoms with Crippen molar-refractivity contribution in [2.75, 3.05) is 13.7 Å². The Morgan fingerprint density at radius 1 is 1.31 bits per heavy atom. The molecule has 4 heterocycles. The predicted molar refractivity (Wildman–Crippen MR) is 94.2 cm³/mol. The van der Waals surface area contributed by atoms with Gasteiger partial charge in [0.05, 0.1) is 13.2 Å². The summed E-state index contributed by atoms with van der Waals surface area (Å²) in [6.45, 7) is 0.614. The van der Waals surface area contributed by atoms with Gasteiger partial charge in [0.1, 0.15) is 5.56 Å². The lowest BCUT2D eigenvalue weighted by Crippen LogP contribution is -2.39. The average Bonchev–Trinajstić information content (AvgIpc) is 3.16. The number of aromatic amines is 1. The van der Waals surface area contributed by atoms with Crippen molar-refractivity contribution >= 4 is 11.7 Å². The van der Waals surface area contributed by atoms with E-state index >= 15 is 0 Å². The lowest BCUT2D eigenvalue weighted by molar-refractivity contribution is 0.0601. The van der Waals surface area contributed by atoms with Crippen LogP contribution in [0.2, 0.25) is 0 Å². The molecule has 1 saturated heterocycles. The number of ether oxygens (including phenoxy) is 1. The number of carbonyl (C=O) groups excluding carboxylic acids is 1. The van der Waals surface area contributed by atoms with Gasteiger partial charge in [0.25, 0.3) is 11.5 Å². The van der Waals surface area contributed by atoms with Gasteiger partial charge in [-0.25, -0.2) is 9.97 Å². The van der Waals surface area contributed by atoms with Gasteiger partial charge in [-0.05, 0) is 31.4 Å². The highest BCUT2D eigenvalue weighted by Crippen LogP contribution is 2.32. The summed E-state index contributed by atoms with van der Waals surface area (Å²) in [5.74, 6) is 0.632. The van der Waals surface area contributed by atoms with Crippen LogP contribution in [0.4, 0.5) is 0 Å². The van der Waals surface area contributed by atoms with Gasteiger partial charge in [-0.2, -0.15) is 0 Å². The maximum atomic E-state index is 13.2. The van der Waals surface area contributed by atoms with E-state index in [1.54, 1.807) is 41.7 Å².